The number of carbonyl (C=O) groups is 3. The third kappa shape index (κ3) is 3.40. The summed E-state index contributed by atoms with van der Waals surface area (Å²) in [6.07, 6.45) is 0.129. The van der Waals surface area contributed by atoms with Crippen molar-refractivity contribution in [1.29, 1.82) is 0 Å². The lowest BCUT2D eigenvalue weighted by molar-refractivity contribution is -0.128. The standard InChI is InChI=1S/C20H18N2O3/c1-13-19(20(25)22(21-13)17-6-4-3-5-7-17)18(24)12-15-8-10-16(11-9-15)14(2)23/h3-11,19H,12H2,1-2H3. The normalized spacial score (nSPS) is 16.7. The zero-order valence-electron chi connectivity index (χ0n) is 14.1. The minimum atomic E-state index is -0.854. The molecule has 1 aliphatic heterocycles. The molecule has 0 aromatic heterocycles. The van der Waals surface area contributed by atoms with Gasteiger partial charge >= 0.3 is 0 Å². The lowest BCUT2D eigenvalue weighted by atomic mass is 9.93. The molecule has 1 atom stereocenters. The SMILES string of the molecule is CC(=O)c1ccc(CC(=O)C2C(=O)N(c3ccccc3)N=C2C)cc1. The summed E-state index contributed by atoms with van der Waals surface area (Å²) in [4.78, 5) is 36.6. The number of benzene rings is 2. The highest BCUT2D eigenvalue weighted by Gasteiger charge is 2.39. The summed E-state index contributed by atoms with van der Waals surface area (Å²) in [6, 6.07) is 15.9. The van der Waals surface area contributed by atoms with E-state index in [1.54, 1.807) is 43.3 Å². The summed E-state index contributed by atoms with van der Waals surface area (Å²) in [5, 5.41) is 5.54. The molecule has 5 heteroatoms. The smallest absolute Gasteiger partial charge is 0.263 e. The summed E-state index contributed by atoms with van der Waals surface area (Å²) < 4.78 is 0. The van der Waals surface area contributed by atoms with E-state index in [0.717, 1.165) is 5.56 Å². The van der Waals surface area contributed by atoms with Crippen molar-refractivity contribution in [2.24, 2.45) is 11.0 Å². The van der Waals surface area contributed by atoms with Crippen LogP contribution in [0.2, 0.25) is 0 Å². The number of hydrogen-bond acceptors (Lipinski definition) is 4. The topological polar surface area (TPSA) is 66.8 Å². The van der Waals surface area contributed by atoms with Crippen molar-refractivity contribution < 1.29 is 14.4 Å². The van der Waals surface area contributed by atoms with Gasteiger partial charge in [-0.05, 0) is 31.5 Å². The Labute approximate surface area is 146 Å². The van der Waals surface area contributed by atoms with E-state index >= 15 is 0 Å². The molecular weight excluding hydrogens is 316 g/mol. The van der Waals surface area contributed by atoms with Crippen molar-refractivity contribution >= 4 is 28.9 Å². The van der Waals surface area contributed by atoms with E-state index in [4.69, 9.17) is 0 Å². The van der Waals surface area contributed by atoms with Crippen LogP contribution in [0.1, 0.15) is 29.8 Å². The van der Waals surface area contributed by atoms with E-state index in [1.165, 1.54) is 11.9 Å². The number of nitrogens with zero attached hydrogens (tertiary/aromatic N) is 2. The molecule has 0 spiro atoms. The highest BCUT2D eigenvalue weighted by Crippen LogP contribution is 2.25. The molecule has 0 N–H and O–H groups in total. The van der Waals surface area contributed by atoms with E-state index in [0.29, 0.717) is 17.0 Å². The number of ketones is 2. The molecule has 0 fully saturated rings. The van der Waals surface area contributed by atoms with E-state index in [2.05, 4.69) is 5.10 Å². The summed E-state index contributed by atoms with van der Waals surface area (Å²) >= 11 is 0. The van der Waals surface area contributed by atoms with Crippen LogP contribution in [0, 0.1) is 5.92 Å². The van der Waals surface area contributed by atoms with Gasteiger partial charge < -0.3 is 0 Å². The number of para-hydroxylation sites is 1. The first-order valence-corrected chi connectivity index (χ1v) is 8.04. The summed E-state index contributed by atoms with van der Waals surface area (Å²) in [7, 11) is 0. The summed E-state index contributed by atoms with van der Waals surface area (Å²) in [6.45, 7) is 3.19. The molecule has 0 bridgehead atoms. The second-order valence-corrected chi connectivity index (χ2v) is 6.06. The van der Waals surface area contributed by atoms with E-state index in [-0.39, 0.29) is 23.9 Å². The maximum Gasteiger partial charge on any atom is 0.263 e. The Morgan fingerprint density at radius 1 is 1.04 bits per heavy atom. The van der Waals surface area contributed by atoms with Crippen LogP contribution >= 0.6 is 0 Å². The quantitative estimate of drug-likeness (QED) is 0.623. The summed E-state index contributed by atoms with van der Waals surface area (Å²) in [5.74, 6) is -1.40. The fourth-order valence-corrected chi connectivity index (χ4v) is 2.85. The number of anilines is 1. The van der Waals surface area contributed by atoms with Gasteiger partial charge in [-0.15, -0.1) is 0 Å². The first-order chi connectivity index (χ1) is 12.0. The second kappa shape index (κ2) is 6.81. The Morgan fingerprint density at radius 3 is 2.28 bits per heavy atom. The van der Waals surface area contributed by atoms with Crippen molar-refractivity contribution in [2.75, 3.05) is 5.01 Å². The van der Waals surface area contributed by atoms with Crippen molar-refractivity contribution in [2.45, 2.75) is 20.3 Å². The third-order valence-electron chi connectivity index (χ3n) is 4.19. The molecule has 3 rings (SSSR count). The van der Waals surface area contributed by atoms with Gasteiger partial charge in [-0.3, -0.25) is 14.4 Å². The first kappa shape index (κ1) is 16.8. The zero-order valence-corrected chi connectivity index (χ0v) is 14.1. The summed E-state index contributed by atoms with van der Waals surface area (Å²) in [5.41, 5.74) is 2.52. The molecule has 0 aliphatic carbocycles. The minimum Gasteiger partial charge on any atom is -0.298 e. The molecular formula is C20H18N2O3. The van der Waals surface area contributed by atoms with Crippen molar-refractivity contribution in [3.05, 3.63) is 65.7 Å². The van der Waals surface area contributed by atoms with Gasteiger partial charge in [0, 0.05) is 12.0 Å². The van der Waals surface area contributed by atoms with E-state index < -0.39 is 5.92 Å². The molecule has 0 saturated heterocycles. The minimum absolute atomic E-state index is 0.0228. The predicted molar refractivity (Wildman–Crippen MR) is 95.7 cm³/mol. The molecule has 126 valence electrons. The molecule has 2 aromatic rings. The van der Waals surface area contributed by atoms with Crippen LogP contribution in [0.3, 0.4) is 0 Å². The Balaban J connectivity index is 1.75. The van der Waals surface area contributed by atoms with E-state index in [9.17, 15) is 14.4 Å². The first-order valence-electron chi connectivity index (χ1n) is 8.04. The van der Waals surface area contributed by atoms with Crippen LogP contribution in [0.25, 0.3) is 0 Å². The van der Waals surface area contributed by atoms with Crippen molar-refractivity contribution in [1.82, 2.24) is 0 Å². The molecule has 5 nitrogen and oxygen atoms in total. The fourth-order valence-electron chi connectivity index (χ4n) is 2.85. The average Bonchev–Trinajstić information content (AvgIpc) is 2.90. The molecule has 1 heterocycles. The Bertz CT molecular complexity index is 854. The van der Waals surface area contributed by atoms with Gasteiger partial charge in [0.05, 0.1) is 11.4 Å². The monoisotopic (exact) mass is 334 g/mol. The molecule has 0 saturated carbocycles. The molecule has 1 aliphatic rings. The Morgan fingerprint density at radius 2 is 1.68 bits per heavy atom. The maximum absolute atomic E-state index is 12.6. The van der Waals surface area contributed by atoms with E-state index in [1.807, 2.05) is 18.2 Å². The van der Waals surface area contributed by atoms with Gasteiger partial charge in [0.15, 0.2) is 11.6 Å². The maximum atomic E-state index is 12.6. The largest absolute Gasteiger partial charge is 0.298 e. The second-order valence-electron chi connectivity index (χ2n) is 6.06. The molecule has 1 amide bonds. The van der Waals surface area contributed by atoms with Gasteiger partial charge in [-0.1, -0.05) is 42.5 Å². The van der Waals surface area contributed by atoms with Crippen LogP contribution in [0.15, 0.2) is 59.7 Å². The lowest BCUT2D eigenvalue weighted by Gasteiger charge is -2.13. The number of amides is 1. The predicted octanol–water partition coefficient (Wildman–Crippen LogP) is 3.04. The Hall–Kier alpha value is -3.08. The number of carbonyl (C=O) groups excluding carboxylic acids is 3. The van der Waals surface area contributed by atoms with Crippen molar-refractivity contribution in [3.8, 4) is 0 Å². The third-order valence-corrected chi connectivity index (χ3v) is 4.19. The van der Waals surface area contributed by atoms with Gasteiger partial charge in [0.25, 0.3) is 5.91 Å². The molecule has 2 aromatic carbocycles. The van der Waals surface area contributed by atoms with Crippen LogP contribution in [-0.4, -0.2) is 23.2 Å². The molecule has 0 radical (unpaired) electrons. The van der Waals surface area contributed by atoms with Gasteiger partial charge in [0.2, 0.25) is 0 Å². The lowest BCUT2D eigenvalue weighted by Crippen LogP contribution is -2.33. The van der Waals surface area contributed by atoms with Gasteiger partial charge in [0.1, 0.15) is 5.92 Å². The van der Waals surface area contributed by atoms with Crippen LogP contribution in [0.5, 0.6) is 0 Å². The highest BCUT2D eigenvalue weighted by molar-refractivity contribution is 6.27. The highest BCUT2D eigenvalue weighted by atomic mass is 16.2. The van der Waals surface area contributed by atoms with Crippen LogP contribution in [0.4, 0.5) is 5.69 Å². The zero-order chi connectivity index (χ0) is 18.0. The van der Waals surface area contributed by atoms with Crippen LogP contribution in [-0.2, 0) is 16.0 Å². The molecule has 25 heavy (non-hydrogen) atoms. The van der Waals surface area contributed by atoms with Crippen molar-refractivity contribution in [3.63, 3.8) is 0 Å². The van der Waals surface area contributed by atoms with Gasteiger partial charge in [-0.25, -0.2) is 0 Å². The van der Waals surface area contributed by atoms with Crippen LogP contribution < -0.4 is 5.01 Å². The number of rotatable bonds is 5. The Kier molecular flexibility index (Phi) is 4.57. The molecule has 1 unspecified atom stereocenters. The fraction of sp³-hybridized carbons (Fsp3) is 0.200. The number of hydrogen-bond donors (Lipinski definition) is 0. The average molecular weight is 334 g/mol. The number of hydrazone groups is 1. The number of Topliss-reactive ketones (excluding diaryl/α,β-unsaturated/α-hetero) is 2. The van der Waals surface area contributed by atoms with Gasteiger partial charge in [-0.2, -0.15) is 10.1 Å².